The summed E-state index contributed by atoms with van der Waals surface area (Å²) in [6, 6.07) is 12.1. The maximum atomic E-state index is 13.3. The van der Waals surface area contributed by atoms with Crippen LogP contribution in [0.4, 0.5) is 10.1 Å². The van der Waals surface area contributed by atoms with E-state index in [1.807, 2.05) is 11.9 Å². The molecule has 0 aromatic heterocycles. The van der Waals surface area contributed by atoms with Gasteiger partial charge in [-0.05, 0) is 61.2 Å². The first-order valence-electron chi connectivity index (χ1n) is 10.0. The number of sulfonamides is 1. The number of hydrogen-bond donors (Lipinski definition) is 1. The van der Waals surface area contributed by atoms with Crippen LogP contribution in [0.25, 0.3) is 0 Å². The van der Waals surface area contributed by atoms with Gasteiger partial charge >= 0.3 is 0 Å². The molecule has 2 aromatic carbocycles. The van der Waals surface area contributed by atoms with Crippen molar-refractivity contribution in [2.24, 2.45) is 4.40 Å². The predicted octanol–water partition coefficient (Wildman–Crippen LogP) is 3.70. The van der Waals surface area contributed by atoms with Crippen molar-refractivity contribution in [1.29, 1.82) is 0 Å². The Morgan fingerprint density at radius 2 is 1.73 bits per heavy atom. The van der Waals surface area contributed by atoms with Crippen molar-refractivity contribution in [3.05, 3.63) is 59.9 Å². The molecule has 1 aliphatic carbocycles. The van der Waals surface area contributed by atoms with Crippen molar-refractivity contribution in [2.45, 2.75) is 42.4 Å². The summed E-state index contributed by atoms with van der Waals surface area (Å²) in [7, 11) is -1.96. The van der Waals surface area contributed by atoms with E-state index >= 15 is 0 Å². The van der Waals surface area contributed by atoms with Crippen LogP contribution >= 0.6 is 0 Å². The summed E-state index contributed by atoms with van der Waals surface area (Å²) >= 11 is 0. The molecule has 0 spiro atoms. The second kappa shape index (κ2) is 7.83. The van der Waals surface area contributed by atoms with Crippen LogP contribution in [-0.2, 0) is 20.2 Å². The van der Waals surface area contributed by atoms with Crippen LogP contribution in [-0.4, -0.2) is 38.7 Å². The van der Waals surface area contributed by atoms with E-state index in [2.05, 4.69) is 9.71 Å². The fourth-order valence-corrected chi connectivity index (χ4v) is 5.10. The topological polar surface area (TPSA) is 78.8 Å². The molecule has 1 amide bonds. The molecule has 158 valence electrons. The lowest BCUT2D eigenvalue weighted by atomic mass is 9.64. The van der Waals surface area contributed by atoms with Crippen LogP contribution in [0.15, 0.2) is 57.8 Å². The Morgan fingerprint density at radius 3 is 2.27 bits per heavy atom. The fourth-order valence-electron chi connectivity index (χ4n) is 4.01. The van der Waals surface area contributed by atoms with Crippen molar-refractivity contribution >= 4 is 27.5 Å². The van der Waals surface area contributed by atoms with Gasteiger partial charge in [-0.25, -0.2) is 4.39 Å². The Bertz CT molecular complexity index is 1080. The lowest BCUT2D eigenvalue weighted by molar-refractivity contribution is -0.124. The smallest absolute Gasteiger partial charge is 0.283 e. The maximum Gasteiger partial charge on any atom is 0.283 e. The number of likely N-dealkylation sites (tertiary alicyclic amines) is 1. The zero-order chi connectivity index (χ0) is 21.4. The Balaban J connectivity index is 1.51. The van der Waals surface area contributed by atoms with Crippen LogP contribution in [0, 0.1) is 5.82 Å². The van der Waals surface area contributed by atoms with Gasteiger partial charge in [0.2, 0.25) is 5.91 Å². The number of amides is 1. The van der Waals surface area contributed by atoms with Gasteiger partial charge in [0.25, 0.3) is 10.0 Å². The molecule has 1 heterocycles. The van der Waals surface area contributed by atoms with Crippen LogP contribution < -0.4 is 5.32 Å². The first kappa shape index (κ1) is 20.5. The normalized spacial score (nSPS) is 19.5. The minimum Gasteiger partial charge on any atom is -0.362 e. The molecule has 1 N–H and O–H groups in total. The SMILES string of the molecule is CN1CCC/C1=N/S(=O)(=O)c1ccc(NC(=O)C2(c3ccc(F)cc3)CCC2)cc1. The number of benzene rings is 2. The first-order chi connectivity index (χ1) is 14.3. The molecular formula is C22H24FN3O3S. The highest BCUT2D eigenvalue weighted by Gasteiger charge is 2.45. The van der Waals surface area contributed by atoms with E-state index in [0.29, 0.717) is 30.8 Å². The van der Waals surface area contributed by atoms with Gasteiger partial charge in [0, 0.05) is 25.7 Å². The fraction of sp³-hybridized carbons (Fsp3) is 0.364. The quantitative estimate of drug-likeness (QED) is 0.786. The summed E-state index contributed by atoms with van der Waals surface area (Å²) in [4.78, 5) is 14.9. The van der Waals surface area contributed by atoms with Gasteiger partial charge in [0.05, 0.1) is 10.3 Å². The number of carbonyl (C=O) groups excluding carboxylic acids is 1. The predicted molar refractivity (Wildman–Crippen MR) is 113 cm³/mol. The third-order valence-electron chi connectivity index (χ3n) is 6.01. The monoisotopic (exact) mass is 429 g/mol. The van der Waals surface area contributed by atoms with E-state index in [0.717, 1.165) is 24.9 Å². The van der Waals surface area contributed by atoms with Gasteiger partial charge in [-0.3, -0.25) is 4.79 Å². The van der Waals surface area contributed by atoms with E-state index in [4.69, 9.17) is 0 Å². The van der Waals surface area contributed by atoms with Crippen molar-refractivity contribution in [3.8, 4) is 0 Å². The van der Waals surface area contributed by atoms with Gasteiger partial charge in [-0.2, -0.15) is 8.42 Å². The molecule has 30 heavy (non-hydrogen) atoms. The highest BCUT2D eigenvalue weighted by Crippen LogP contribution is 2.44. The number of amidine groups is 1. The number of nitrogens with zero attached hydrogens (tertiary/aromatic N) is 2. The van der Waals surface area contributed by atoms with Crippen molar-refractivity contribution in [3.63, 3.8) is 0 Å². The second-order valence-electron chi connectivity index (χ2n) is 7.93. The molecule has 0 atom stereocenters. The molecule has 0 radical (unpaired) electrons. The summed E-state index contributed by atoms with van der Waals surface area (Å²) < 4.78 is 42.3. The van der Waals surface area contributed by atoms with Gasteiger partial charge in [-0.15, -0.1) is 4.40 Å². The van der Waals surface area contributed by atoms with Crippen molar-refractivity contribution in [1.82, 2.24) is 4.90 Å². The summed E-state index contributed by atoms with van der Waals surface area (Å²) in [6.07, 6.45) is 3.86. The molecule has 1 aliphatic heterocycles. The highest BCUT2D eigenvalue weighted by atomic mass is 32.2. The highest BCUT2D eigenvalue weighted by molar-refractivity contribution is 7.90. The van der Waals surface area contributed by atoms with Gasteiger partial charge in [0.1, 0.15) is 11.7 Å². The van der Waals surface area contributed by atoms with Crippen LogP contribution in [0.3, 0.4) is 0 Å². The summed E-state index contributed by atoms with van der Waals surface area (Å²) in [5.74, 6) is 0.0696. The minimum absolute atomic E-state index is 0.0881. The lowest BCUT2D eigenvalue weighted by Crippen LogP contribution is -2.46. The number of nitrogens with one attached hydrogen (secondary N) is 1. The van der Waals surface area contributed by atoms with Crippen LogP contribution in [0.5, 0.6) is 0 Å². The number of halogens is 1. The zero-order valence-electron chi connectivity index (χ0n) is 16.8. The zero-order valence-corrected chi connectivity index (χ0v) is 17.6. The molecule has 2 aromatic rings. The lowest BCUT2D eigenvalue weighted by Gasteiger charge is -2.40. The molecule has 0 bridgehead atoms. The standard InChI is InChI=1S/C22H24FN3O3S/c1-26-15-2-4-20(26)25-30(28,29)19-11-9-18(10-12-19)24-21(27)22(13-3-14-22)16-5-7-17(23)8-6-16/h5-12H,2-4,13-15H2,1H3,(H,24,27)/b25-20-. The summed E-state index contributed by atoms with van der Waals surface area (Å²) in [6.45, 7) is 0.801. The number of hydrogen-bond acceptors (Lipinski definition) is 3. The van der Waals surface area contributed by atoms with E-state index in [9.17, 15) is 17.6 Å². The number of rotatable bonds is 5. The molecule has 2 fully saturated rings. The van der Waals surface area contributed by atoms with E-state index < -0.39 is 15.4 Å². The molecule has 1 saturated carbocycles. The largest absolute Gasteiger partial charge is 0.362 e. The first-order valence-corrected chi connectivity index (χ1v) is 11.5. The van der Waals surface area contributed by atoms with Gasteiger partial charge in [0.15, 0.2) is 0 Å². The average Bonchev–Trinajstić information content (AvgIpc) is 3.07. The second-order valence-corrected chi connectivity index (χ2v) is 9.53. The maximum absolute atomic E-state index is 13.3. The minimum atomic E-state index is -3.79. The van der Waals surface area contributed by atoms with E-state index in [1.54, 1.807) is 24.3 Å². The van der Waals surface area contributed by atoms with Gasteiger partial charge < -0.3 is 10.2 Å². The Morgan fingerprint density at radius 1 is 1.07 bits per heavy atom. The van der Waals surface area contributed by atoms with Crippen molar-refractivity contribution < 1.29 is 17.6 Å². The Labute approximate surface area is 175 Å². The van der Waals surface area contributed by atoms with Crippen molar-refractivity contribution in [2.75, 3.05) is 18.9 Å². The Kier molecular flexibility index (Phi) is 5.36. The molecule has 0 unspecified atom stereocenters. The number of carbonyl (C=O) groups is 1. The van der Waals surface area contributed by atoms with Gasteiger partial charge in [-0.1, -0.05) is 18.6 Å². The molecule has 6 nitrogen and oxygen atoms in total. The third kappa shape index (κ3) is 3.84. The van der Waals surface area contributed by atoms with E-state index in [1.165, 1.54) is 24.3 Å². The summed E-state index contributed by atoms with van der Waals surface area (Å²) in [5.41, 5.74) is 0.638. The summed E-state index contributed by atoms with van der Waals surface area (Å²) in [5, 5.41) is 2.89. The van der Waals surface area contributed by atoms with Crippen LogP contribution in [0.2, 0.25) is 0 Å². The molecule has 4 rings (SSSR count). The average molecular weight is 430 g/mol. The molecule has 1 saturated heterocycles. The molecule has 8 heteroatoms. The Hall–Kier alpha value is -2.74. The third-order valence-corrected chi connectivity index (χ3v) is 7.33. The molecular weight excluding hydrogens is 405 g/mol. The van der Waals surface area contributed by atoms with Crippen LogP contribution in [0.1, 0.15) is 37.7 Å². The molecule has 2 aliphatic rings. The number of anilines is 1. The van der Waals surface area contributed by atoms with E-state index in [-0.39, 0.29) is 16.6 Å².